The van der Waals surface area contributed by atoms with Gasteiger partial charge in [0.15, 0.2) is 0 Å². The van der Waals surface area contributed by atoms with Gasteiger partial charge in [0.05, 0.1) is 27.2 Å². The molecule has 3 rings (SSSR count). The molecular formula is C30H35Cl2N3O5S. The van der Waals surface area contributed by atoms with E-state index < -0.39 is 34.1 Å². The Hall–Kier alpha value is -3.27. The number of anilines is 1. The molecule has 41 heavy (non-hydrogen) atoms. The minimum Gasteiger partial charge on any atom is -0.494 e. The molecule has 11 heteroatoms. The second-order valence-electron chi connectivity index (χ2n) is 10.4. The maximum Gasteiger partial charge on any atom is 0.264 e. The lowest BCUT2D eigenvalue weighted by Gasteiger charge is -2.33. The van der Waals surface area contributed by atoms with Crippen molar-refractivity contribution < 1.29 is 22.7 Å². The van der Waals surface area contributed by atoms with E-state index >= 15 is 0 Å². The van der Waals surface area contributed by atoms with Gasteiger partial charge >= 0.3 is 0 Å². The minimum atomic E-state index is -4.18. The fraction of sp³-hybridized carbons (Fsp3) is 0.333. The van der Waals surface area contributed by atoms with Crippen molar-refractivity contribution in [3.63, 3.8) is 0 Å². The summed E-state index contributed by atoms with van der Waals surface area (Å²) in [6, 6.07) is 18.4. The zero-order valence-electron chi connectivity index (χ0n) is 23.7. The van der Waals surface area contributed by atoms with Crippen LogP contribution in [0.25, 0.3) is 0 Å². The highest BCUT2D eigenvalue weighted by molar-refractivity contribution is 7.92. The molecule has 0 saturated heterocycles. The third-order valence-electron chi connectivity index (χ3n) is 6.05. The number of hydrogen-bond acceptors (Lipinski definition) is 5. The third kappa shape index (κ3) is 8.61. The predicted octanol–water partition coefficient (Wildman–Crippen LogP) is 5.92. The first-order valence-electron chi connectivity index (χ1n) is 13.1. The standard InChI is InChI=1S/C30H35Cl2N3O5S/c1-6-40-24-13-15-25(16-14-24)41(38,39)35(23-10-8-7-9-11-23)20-28(36)34(21(2)29(37)33-30(3,4)5)19-22-12-17-26(31)27(32)18-22/h7-18,21H,6,19-20H2,1-5H3,(H,33,37)/t21-/m1/s1. The predicted molar refractivity (Wildman–Crippen MR) is 163 cm³/mol. The average Bonchev–Trinajstić information content (AvgIpc) is 2.91. The number of ether oxygens (including phenoxy) is 1. The fourth-order valence-corrected chi connectivity index (χ4v) is 5.75. The molecule has 2 amide bonds. The summed E-state index contributed by atoms with van der Waals surface area (Å²) in [6.45, 7) is 8.83. The summed E-state index contributed by atoms with van der Waals surface area (Å²) in [5.41, 5.74) is 0.385. The Labute approximate surface area is 252 Å². The van der Waals surface area contributed by atoms with Gasteiger partial charge in [-0.3, -0.25) is 13.9 Å². The molecular weight excluding hydrogens is 585 g/mol. The van der Waals surface area contributed by atoms with E-state index in [4.69, 9.17) is 27.9 Å². The Morgan fingerprint density at radius 3 is 2.15 bits per heavy atom. The molecule has 1 atom stereocenters. The van der Waals surface area contributed by atoms with Crippen LogP contribution in [-0.2, 0) is 26.2 Å². The van der Waals surface area contributed by atoms with Crippen molar-refractivity contribution in [3.05, 3.63) is 88.4 Å². The van der Waals surface area contributed by atoms with Crippen LogP contribution in [0.2, 0.25) is 10.0 Å². The van der Waals surface area contributed by atoms with Crippen molar-refractivity contribution in [2.24, 2.45) is 0 Å². The quantitative estimate of drug-likeness (QED) is 0.287. The highest BCUT2D eigenvalue weighted by Gasteiger charge is 2.33. The Kier molecular flexibility index (Phi) is 10.7. The number of para-hydroxylation sites is 1. The van der Waals surface area contributed by atoms with E-state index in [9.17, 15) is 18.0 Å². The molecule has 0 unspecified atom stereocenters. The maximum absolute atomic E-state index is 14.0. The molecule has 0 saturated carbocycles. The lowest BCUT2D eigenvalue weighted by atomic mass is 10.1. The van der Waals surface area contributed by atoms with Gasteiger partial charge < -0.3 is 15.0 Å². The molecule has 0 aromatic heterocycles. The van der Waals surface area contributed by atoms with Crippen LogP contribution >= 0.6 is 23.2 Å². The normalized spacial score (nSPS) is 12.4. The number of amides is 2. The molecule has 0 bridgehead atoms. The first kappa shape index (κ1) is 32.2. The largest absolute Gasteiger partial charge is 0.494 e. The number of nitrogens with one attached hydrogen (secondary N) is 1. The highest BCUT2D eigenvalue weighted by Crippen LogP contribution is 2.27. The number of benzene rings is 3. The molecule has 8 nitrogen and oxygen atoms in total. The van der Waals surface area contributed by atoms with Gasteiger partial charge in [-0.1, -0.05) is 47.5 Å². The molecule has 220 valence electrons. The summed E-state index contributed by atoms with van der Waals surface area (Å²) < 4.78 is 34.3. The lowest BCUT2D eigenvalue weighted by molar-refractivity contribution is -0.140. The van der Waals surface area contributed by atoms with Gasteiger partial charge in [-0.2, -0.15) is 0 Å². The molecule has 1 N–H and O–H groups in total. The molecule has 0 aliphatic heterocycles. The van der Waals surface area contributed by atoms with Gasteiger partial charge in [0.25, 0.3) is 10.0 Å². The van der Waals surface area contributed by atoms with Crippen LogP contribution in [0.15, 0.2) is 77.7 Å². The van der Waals surface area contributed by atoms with Crippen LogP contribution in [0, 0.1) is 0 Å². The molecule has 0 heterocycles. The first-order valence-corrected chi connectivity index (χ1v) is 15.3. The minimum absolute atomic E-state index is 0.000181. The monoisotopic (exact) mass is 619 g/mol. The second-order valence-corrected chi connectivity index (χ2v) is 13.1. The zero-order valence-corrected chi connectivity index (χ0v) is 26.1. The van der Waals surface area contributed by atoms with Gasteiger partial charge in [0, 0.05) is 12.1 Å². The Morgan fingerprint density at radius 1 is 0.951 bits per heavy atom. The van der Waals surface area contributed by atoms with E-state index in [-0.39, 0.29) is 17.3 Å². The number of rotatable bonds is 11. The summed E-state index contributed by atoms with van der Waals surface area (Å²) in [7, 11) is -4.18. The Morgan fingerprint density at radius 2 is 1.59 bits per heavy atom. The van der Waals surface area contributed by atoms with Crippen LogP contribution in [0.4, 0.5) is 5.69 Å². The Balaban J connectivity index is 2.02. The summed E-state index contributed by atoms with van der Waals surface area (Å²) in [5, 5.41) is 3.54. The van der Waals surface area contributed by atoms with E-state index in [0.29, 0.717) is 33.7 Å². The van der Waals surface area contributed by atoms with Crippen LogP contribution < -0.4 is 14.4 Å². The van der Waals surface area contributed by atoms with E-state index in [1.807, 2.05) is 27.7 Å². The van der Waals surface area contributed by atoms with Crippen molar-refractivity contribution in [2.45, 2.75) is 57.6 Å². The number of carbonyl (C=O) groups excluding carboxylic acids is 2. The number of hydrogen-bond donors (Lipinski definition) is 1. The summed E-state index contributed by atoms with van der Waals surface area (Å²) in [6.07, 6.45) is 0. The number of nitrogens with zero attached hydrogens (tertiary/aromatic N) is 2. The van der Waals surface area contributed by atoms with Crippen molar-refractivity contribution in [2.75, 3.05) is 17.5 Å². The van der Waals surface area contributed by atoms with Crippen molar-refractivity contribution in [1.82, 2.24) is 10.2 Å². The van der Waals surface area contributed by atoms with Gasteiger partial charge in [0.2, 0.25) is 11.8 Å². The van der Waals surface area contributed by atoms with E-state index in [1.54, 1.807) is 67.6 Å². The van der Waals surface area contributed by atoms with Gasteiger partial charge in [0.1, 0.15) is 18.3 Å². The van der Waals surface area contributed by atoms with Crippen LogP contribution in [0.3, 0.4) is 0 Å². The van der Waals surface area contributed by atoms with Gasteiger partial charge in [-0.15, -0.1) is 0 Å². The number of halogens is 2. The second kappa shape index (κ2) is 13.6. The van der Waals surface area contributed by atoms with E-state index in [0.717, 1.165) is 4.31 Å². The highest BCUT2D eigenvalue weighted by atomic mass is 35.5. The van der Waals surface area contributed by atoms with Crippen molar-refractivity contribution >= 4 is 50.7 Å². The van der Waals surface area contributed by atoms with Gasteiger partial charge in [-0.25, -0.2) is 8.42 Å². The van der Waals surface area contributed by atoms with Crippen molar-refractivity contribution in [3.8, 4) is 5.75 Å². The van der Waals surface area contributed by atoms with Crippen LogP contribution in [0.1, 0.15) is 40.2 Å². The molecule has 3 aromatic rings. The number of carbonyl (C=O) groups is 2. The van der Waals surface area contributed by atoms with Crippen LogP contribution in [-0.4, -0.2) is 49.9 Å². The topological polar surface area (TPSA) is 96.0 Å². The summed E-state index contributed by atoms with van der Waals surface area (Å²) in [5.74, 6) is -0.433. The zero-order chi connectivity index (χ0) is 30.4. The van der Waals surface area contributed by atoms with Crippen molar-refractivity contribution in [1.29, 1.82) is 0 Å². The molecule has 0 aliphatic rings. The molecule has 3 aromatic carbocycles. The number of sulfonamides is 1. The molecule has 0 fully saturated rings. The van der Waals surface area contributed by atoms with E-state index in [2.05, 4.69) is 5.32 Å². The molecule has 0 aliphatic carbocycles. The fourth-order valence-electron chi connectivity index (χ4n) is 4.02. The molecule has 0 radical (unpaired) electrons. The van der Waals surface area contributed by atoms with Crippen LogP contribution in [0.5, 0.6) is 5.75 Å². The smallest absolute Gasteiger partial charge is 0.264 e. The van der Waals surface area contributed by atoms with E-state index in [1.165, 1.54) is 17.0 Å². The third-order valence-corrected chi connectivity index (χ3v) is 8.58. The average molecular weight is 621 g/mol. The summed E-state index contributed by atoms with van der Waals surface area (Å²) >= 11 is 12.3. The SMILES string of the molecule is CCOc1ccc(S(=O)(=O)N(CC(=O)N(Cc2ccc(Cl)c(Cl)c2)[C@H](C)C(=O)NC(C)(C)C)c2ccccc2)cc1. The first-order chi connectivity index (χ1) is 19.2. The Bertz CT molecular complexity index is 1460. The van der Waals surface area contributed by atoms with Gasteiger partial charge in [-0.05, 0) is 88.7 Å². The summed E-state index contributed by atoms with van der Waals surface area (Å²) in [4.78, 5) is 28.5. The maximum atomic E-state index is 14.0. The lowest BCUT2D eigenvalue weighted by Crippen LogP contribution is -2.54. The molecule has 0 spiro atoms.